The van der Waals surface area contributed by atoms with Gasteiger partial charge in [-0.25, -0.2) is 0 Å². The molecule has 1 saturated heterocycles. The third-order valence-corrected chi connectivity index (χ3v) is 4.85. The third kappa shape index (κ3) is 2.18. The maximum Gasteiger partial charge on any atom is 0.313 e. The summed E-state index contributed by atoms with van der Waals surface area (Å²) in [6, 6.07) is 7.34. The van der Waals surface area contributed by atoms with Crippen LogP contribution >= 0.6 is 0 Å². The number of benzene rings is 1. The molecule has 108 valence electrons. The largest absolute Gasteiger partial charge is 0.508 e. The summed E-state index contributed by atoms with van der Waals surface area (Å²) in [5, 5.41) is 9.53. The molecule has 2 atom stereocenters. The van der Waals surface area contributed by atoms with Crippen molar-refractivity contribution in [1.29, 1.82) is 0 Å². The summed E-state index contributed by atoms with van der Waals surface area (Å²) >= 11 is 0. The van der Waals surface area contributed by atoms with Crippen molar-refractivity contribution in [2.45, 2.75) is 25.8 Å². The number of nitrogens with zero attached hydrogens (tertiary/aromatic N) is 1. The topological polar surface area (TPSA) is 49.8 Å². The standard InChI is InChI=1S/C16H21NO3/c1-20-15(19)16-7-3-5-13(16)10-17(11-16)9-12-4-2-6-14(18)8-12/h2,4,6,8,13,18H,3,5,7,9-11H2,1H3/t13-,16+/m1/s1. The molecule has 0 amide bonds. The first-order valence-corrected chi connectivity index (χ1v) is 7.23. The van der Waals surface area contributed by atoms with Crippen molar-refractivity contribution in [2.75, 3.05) is 20.2 Å². The minimum absolute atomic E-state index is 0.0431. The predicted molar refractivity (Wildman–Crippen MR) is 75.2 cm³/mol. The van der Waals surface area contributed by atoms with Crippen molar-refractivity contribution in [2.24, 2.45) is 11.3 Å². The average molecular weight is 275 g/mol. The van der Waals surface area contributed by atoms with Crippen molar-refractivity contribution in [1.82, 2.24) is 4.90 Å². The van der Waals surface area contributed by atoms with Crippen LogP contribution in [0.25, 0.3) is 0 Å². The van der Waals surface area contributed by atoms with Crippen molar-refractivity contribution in [3.63, 3.8) is 0 Å². The number of aromatic hydroxyl groups is 1. The molecule has 1 heterocycles. The Bertz CT molecular complexity index is 516. The molecule has 0 radical (unpaired) electrons. The zero-order valence-electron chi connectivity index (χ0n) is 11.8. The number of fused-ring (bicyclic) bond motifs is 1. The maximum absolute atomic E-state index is 12.2. The summed E-state index contributed by atoms with van der Waals surface area (Å²) in [4.78, 5) is 14.5. The molecule has 4 heteroatoms. The number of hydrogen-bond acceptors (Lipinski definition) is 4. The monoisotopic (exact) mass is 275 g/mol. The van der Waals surface area contributed by atoms with Gasteiger partial charge in [0.05, 0.1) is 12.5 Å². The summed E-state index contributed by atoms with van der Waals surface area (Å²) in [7, 11) is 1.49. The Kier molecular flexibility index (Phi) is 3.42. The van der Waals surface area contributed by atoms with E-state index >= 15 is 0 Å². The first kappa shape index (κ1) is 13.4. The minimum Gasteiger partial charge on any atom is -0.508 e. The Morgan fingerprint density at radius 3 is 3.15 bits per heavy atom. The molecule has 1 saturated carbocycles. The number of phenolic OH excluding ortho intramolecular Hbond substituents is 1. The molecule has 4 nitrogen and oxygen atoms in total. The molecule has 0 spiro atoms. The summed E-state index contributed by atoms with van der Waals surface area (Å²) < 4.78 is 5.05. The molecular weight excluding hydrogens is 254 g/mol. The third-order valence-electron chi connectivity index (χ3n) is 4.85. The lowest BCUT2D eigenvalue weighted by atomic mass is 9.81. The number of phenols is 1. The molecule has 3 rings (SSSR count). The molecule has 1 N–H and O–H groups in total. The number of esters is 1. The highest BCUT2D eigenvalue weighted by molar-refractivity contribution is 5.78. The highest BCUT2D eigenvalue weighted by atomic mass is 16.5. The van der Waals surface area contributed by atoms with E-state index in [1.807, 2.05) is 12.1 Å². The molecule has 0 unspecified atom stereocenters. The van der Waals surface area contributed by atoms with E-state index in [0.29, 0.717) is 11.7 Å². The van der Waals surface area contributed by atoms with Gasteiger partial charge in [0.2, 0.25) is 0 Å². The summed E-state index contributed by atoms with van der Waals surface area (Å²) in [6.45, 7) is 2.51. The number of likely N-dealkylation sites (tertiary alicyclic amines) is 1. The summed E-state index contributed by atoms with van der Waals surface area (Å²) in [6.07, 6.45) is 3.19. The van der Waals surface area contributed by atoms with Crippen LogP contribution in [-0.2, 0) is 16.1 Å². The SMILES string of the molecule is COC(=O)[C@]12CCC[C@@H]1CN(Cc1cccc(O)c1)C2. The van der Waals surface area contributed by atoms with Gasteiger partial charge < -0.3 is 9.84 Å². The zero-order valence-corrected chi connectivity index (χ0v) is 11.8. The molecule has 20 heavy (non-hydrogen) atoms. The first-order chi connectivity index (χ1) is 9.64. The quantitative estimate of drug-likeness (QED) is 0.859. The van der Waals surface area contributed by atoms with E-state index in [0.717, 1.165) is 44.5 Å². The Labute approximate surface area is 119 Å². The van der Waals surface area contributed by atoms with Gasteiger partial charge in [0.15, 0.2) is 0 Å². The van der Waals surface area contributed by atoms with Gasteiger partial charge >= 0.3 is 5.97 Å². The molecule has 1 aromatic carbocycles. The number of carbonyl (C=O) groups excluding carboxylic acids is 1. The van der Waals surface area contributed by atoms with Crippen LogP contribution in [0.4, 0.5) is 0 Å². The van der Waals surface area contributed by atoms with Gasteiger partial charge in [-0.1, -0.05) is 18.6 Å². The molecule has 2 aliphatic rings. The minimum atomic E-state index is -0.286. The smallest absolute Gasteiger partial charge is 0.313 e. The van der Waals surface area contributed by atoms with E-state index in [1.54, 1.807) is 12.1 Å². The van der Waals surface area contributed by atoms with Crippen LogP contribution in [0.2, 0.25) is 0 Å². The summed E-state index contributed by atoms with van der Waals surface area (Å²) in [5.74, 6) is 0.676. The van der Waals surface area contributed by atoms with Crippen molar-refractivity contribution in [3.05, 3.63) is 29.8 Å². The highest BCUT2D eigenvalue weighted by Gasteiger charge is 2.55. The fourth-order valence-corrected chi connectivity index (χ4v) is 3.96. The van der Waals surface area contributed by atoms with Crippen LogP contribution in [0.15, 0.2) is 24.3 Å². The fourth-order valence-electron chi connectivity index (χ4n) is 3.96. The van der Waals surface area contributed by atoms with Gasteiger partial charge in [0.1, 0.15) is 5.75 Å². The molecule has 1 aliphatic heterocycles. The van der Waals surface area contributed by atoms with Gasteiger partial charge in [-0.2, -0.15) is 0 Å². The second-order valence-corrected chi connectivity index (χ2v) is 6.08. The molecular formula is C16H21NO3. The van der Waals surface area contributed by atoms with Crippen molar-refractivity contribution in [3.8, 4) is 5.75 Å². The van der Waals surface area contributed by atoms with Crippen LogP contribution in [0.5, 0.6) is 5.75 Å². The van der Waals surface area contributed by atoms with E-state index in [4.69, 9.17) is 4.74 Å². The van der Waals surface area contributed by atoms with Crippen LogP contribution < -0.4 is 0 Å². The molecule has 1 aromatic rings. The van der Waals surface area contributed by atoms with E-state index in [2.05, 4.69) is 4.90 Å². The number of carbonyl (C=O) groups is 1. The highest BCUT2D eigenvalue weighted by Crippen LogP contribution is 2.49. The predicted octanol–water partition coefficient (Wildman–Crippen LogP) is 2.17. The van der Waals surface area contributed by atoms with Gasteiger partial charge in [-0.15, -0.1) is 0 Å². The first-order valence-electron chi connectivity index (χ1n) is 7.23. The number of ether oxygens (including phenoxy) is 1. The number of hydrogen-bond donors (Lipinski definition) is 1. The van der Waals surface area contributed by atoms with E-state index < -0.39 is 0 Å². The maximum atomic E-state index is 12.2. The van der Waals surface area contributed by atoms with Gasteiger partial charge in [0.25, 0.3) is 0 Å². The van der Waals surface area contributed by atoms with E-state index in [9.17, 15) is 9.90 Å². The van der Waals surface area contributed by atoms with Gasteiger partial charge in [-0.05, 0) is 36.5 Å². The van der Waals surface area contributed by atoms with E-state index in [1.165, 1.54) is 7.11 Å². The van der Waals surface area contributed by atoms with Crippen LogP contribution in [-0.4, -0.2) is 36.2 Å². The van der Waals surface area contributed by atoms with Crippen LogP contribution in [0.3, 0.4) is 0 Å². The zero-order chi connectivity index (χ0) is 14.2. The number of methoxy groups -OCH3 is 1. The summed E-state index contributed by atoms with van der Waals surface area (Å²) in [5.41, 5.74) is 0.802. The van der Waals surface area contributed by atoms with Crippen LogP contribution in [0.1, 0.15) is 24.8 Å². The lowest BCUT2D eigenvalue weighted by Gasteiger charge is -2.25. The molecule has 2 fully saturated rings. The van der Waals surface area contributed by atoms with Gasteiger partial charge in [0, 0.05) is 19.6 Å². The second kappa shape index (κ2) is 5.09. The normalized spacial score (nSPS) is 29.4. The Balaban J connectivity index is 1.74. The van der Waals surface area contributed by atoms with Crippen molar-refractivity contribution >= 4 is 5.97 Å². The Morgan fingerprint density at radius 1 is 1.55 bits per heavy atom. The number of rotatable bonds is 3. The van der Waals surface area contributed by atoms with E-state index in [-0.39, 0.29) is 11.4 Å². The molecule has 1 aliphatic carbocycles. The fraction of sp³-hybridized carbons (Fsp3) is 0.562. The Hall–Kier alpha value is -1.55. The molecule has 0 bridgehead atoms. The lowest BCUT2D eigenvalue weighted by Crippen LogP contribution is -2.36. The van der Waals surface area contributed by atoms with Crippen molar-refractivity contribution < 1.29 is 14.6 Å². The van der Waals surface area contributed by atoms with Gasteiger partial charge in [-0.3, -0.25) is 9.69 Å². The Morgan fingerprint density at radius 2 is 2.40 bits per heavy atom. The lowest BCUT2D eigenvalue weighted by molar-refractivity contribution is -0.153. The average Bonchev–Trinajstić information content (AvgIpc) is 2.95. The van der Waals surface area contributed by atoms with Crippen LogP contribution in [0, 0.1) is 11.3 Å². The molecule has 0 aromatic heterocycles. The second-order valence-electron chi connectivity index (χ2n) is 6.08.